The van der Waals surface area contributed by atoms with Crippen molar-refractivity contribution in [2.24, 2.45) is 0 Å². The van der Waals surface area contributed by atoms with Gasteiger partial charge >= 0.3 is 6.18 Å². The van der Waals surface area contributed by atoms with Crippen molar-refractivity contribution in [2.45, 2.75) is 12.6 Å². The van der Waals surface area contributed by atoms with E-state index in [-0.39, 0.29) is 19.0 Å². The molecule has 0 unspecified atom stereocenters. The van der Waals surface area contributed by atoms with Gasteiger partial charge in [0.25, 0.3) is 5.91 Å². The van der Waals surface area contributed by atoms with Crippen LogP contribution in [-0.2, 0) is 4.79 Å². The average Bonchev–Trinajstić information content (AvgIpc) is 2.66. The topological polar surface area (TPSA) is 70.7 Å². The largest absolute Gasteiger partial charge is 0.495 e. The summed E-state index contributed by atoms with van der Waals surface area (Å²) in [5.74, 6) is -0.264. The highest BCUT2D eigenvalue weighted by atomic mass is 19.4. The smallest absolute Gasteiger partial charge is 0.390 e. The van der Waals surface area contributed by atoms with E-state index in [1.54, 1.807) is 36.4 Å². The minimum absolute atomic E-state index is 0.174. The van der Waals surface area contributed by atoms with Gasteiger partial charge in [-0.05, 0) is 43.4 Å². The number of nitrogens with zero attached hydrogens (tertiary/aromatic N) is 1. The van der Waals surface area contributed by atoms with Crippen molar-refractivity contribution in [3.63, 3.8) is 0 Å². The molecule has 0 bridgehead atoms. The van der Waals surface area contributed by atoms with Crippen LogP contribution in [0.3, 0.4) is 0 Å². The number of carbonyl (C=O) groups is 2. The first-order chi connectivity index (χ1) is 13.7. The molecule has 9 heteroatoms. The maximum atomic E-state index is 12.4. The lowest BCUT2D eigenvalue weighted by molar-refractivity contribution is -0.138. The summed E-state index contributed by atoms with van der Waals surface area (Å²) in [4.78, 5) is 25.6. The zero-order chi connectivity index (χ0) is 21.4. The van der Waals surface area contributed by atoms with Gasteiger partial charge in [-0.25, -0.2) is 0 Å². The van der Waals surface area contributed by atoms with Crippen molar-refractivity contribution in [1.29, 1.82) is 0 Å². The zero-order valence-electron chi connectivity index (χ0n) is 16.0. The molecule has 0 aromatic heterocycles. The second-order valence-electron chi connectivity index (χ2n) is 6.38. The number of hydrogen-bond donors (Lipinski definition) is 2. The molecule has 2 aromatic carbocycles. The number of halogens is 3. The third kappa shape index (κ3) is 7.46. The van der Waals surface area contributed by atoms with Gasteiger partial charge in [0.1, 0.15) is 5.75 Å². The van der Waals surface area contributed by atoms with E-state index in [1.165, 1.54) is 31.2 Å². The fourth-order valence-electron chi connectivity index (χ4n) is 2.49. The van der Waals surface area contributed by atoms with Gasteiger partial charge in [0, 0.05) is 17.8 Å². The number of hydrogen-bond acceptors (Lipinski definition) is 4. The Hall–Kier alpha value is -3.07. The number of benzene rings is 2. The number of amides is 2. The number of ether oxygens (including phenoxy) is 1. The summed E-state index contributed by atoms with van der Waals surface area (Å²) < 4.78 is 41.8. The van der Waals surface area contributed by atoms with Crippen LogP contribution in [0.1, 0.15) is 16.8 Å². The Morgan fingerprint density at radius 3 is 2.31 bits per heavy atom. The number of para-hydroxylation sites is 2. The number of carbonyl (C=O) groups excluding carboxylic acids is 2. The summed E-state index contributed by atoms with van der Waals surface area (Å²) in [5, 5.41) is 5.33. The molecule has 2 aromatic rings. The molecule has 2 N–H and O–H groups in total. The van der Waals surface area contributed by atoms with Gasteiger partial charge in [0.2, 0.25) is 5.91 Å². The van der Waals surface area contributed by atoms with Gasteiger partial charge < -0.3 is 15.4 Å². The summed E-state index contributed by atoms with van der Waals surface area (Å²) in [6.45, 7) is -0.439. The van der Waals surface area contributed by atoms with Crippen LogP contribution in [0.15, 0.2) is 48.5 Å². The Morgan fingerprint density at radius 1 is 1.03 bits per heavy atom. The molecule has 0 saturated carbocycles. The maximum absolute atomic E-state index is 12.4. The van der Waals surface area contributed by atoms with Crippen LogP contribution in [0.4, 0.5) is 24.5 Å². The molecule has 0 heterocycles. The molecule has 0 fully saturated rings. The Labute approximate surface area is 166 Å². The first-order valence-corrected chi connectivity index (χ1v) is 8.77. The summed E-state index contributed by atoms with van der Waals surface area (Å²) in [6.07, 6.45) is -5.24. The number of nitrogens with one attached hydrogen (secondary N) is 2. The van der Waals surface area contributed by atoms with Crippen LogP contribution in [-0.4, -0.2) is 50.1 Å². The molecule has 0 radical (unpaired) electrons. The highest BCUT2D eigenvalue weighted by Gasteiger charge is 2.27. The predicted octanol–water partition coefficient (Wildman–Crippen LogP) is 3.77. The van der Waals surface area contributed by atoms with Crippen LogP contribution in [0, 0.1) is 0 Å². The Balaban J connectivity index is 1.89. The molecule has 0 saturated heterocycles. The van der Waals surface area contributed by atoms with Gasteiger partial charge in [-0.1, -0.05) is 12.1 Å². The second-order valence-corrected chi connectivity index (χ2v) is 6.38. The van der Waals surface area contributed by atoms with Crippen LogP contribution >= 0.6 is 0 Å². The normalized spacial score (nSPS) is 11.2. The minimum Gasteiger partial charge on any atom is -0.495 e. The highest BCUT2D eigenvalue weighted by Crippen LogP contribution is 2.24. The molecular formula is C20H22F3N3O3. The second kappa shape index (κ2) is 9.92. The number of rotatable bonds is 8. The van der Waals surface area contributed by atoms with E-state index in [0.717, 1.165) is 0 Å². The van der Waals surface area contributed by atoms with Crippen LogP contribution in [0.2, 0.25) is 0 Å². The van der Waals surface area contributed by atoms with Gasteiger partial charge in [0.15, 0.2) is 0 Å². The quantitative estimate of drug-likeness (QED) is 0.696. The molecule has 0 aliphatic heterocycles. The van der Waals surface area contributed by atoms with Gasteiger partial charge in [0.05, 0.1) is 25.8 Å². The number of methoxy groups -OCH3 is 1. The molecule has 6 nitrogen and oxygen atoms in total. The molecule has 2 rings (SSSR count). The highest BCUT2D eigenvalue weighted by molar-refractivity contribution is 6.05. The molecule has 0 aliphatic carbocycles. The van der Waals surface area contributed by atoms with Crippen molar-refractivity contribution in [1.82, 2.24) is 4.90 Å². The summed E-state index contributed by atoms with van der Waals surface area (Å²) >= 11 is 0. The lowest BCUT2D eigenvalue weighted by atomic mass is 10.2. The van der Waals surface area contributed by atoms with Gasteiger partial charge in [-0.2, -0.15) is 13.2 Å². The number of likely N-dealkylation sites (N-methyl/N-ethyl adjacent to an activating group) is 1. The lowest BCUT2D eigenvalue weighted by Crippen LogP contribution is -2.32. The molecule has 29 heavy (non-hydrogen) atoms. The third-order valence-electron chi connectivity index (χ3n) is 3.98. The Morgan fingerprint density at radius 2 is 1.69 bits per heavy atom. The van der Waals surface area contributed by atoms with E-state index in [4.69, 9.17) is 4.74 Å². The molecule has 0 atom stereocenters. The maximum Gasteiger partial charge on any atom is 0.390 e. The van der Waals surface area contributed by atoms with Crippen molar-refractivity contribution in [2.75, 3.05) is 37.9 Å². The monoisotopic (exact) mass is 409 g/mol. The van der Waals surface area contributed by atoms with Crippen LogP contribution in [0.25, 0.3) is 0 Å². The van der Waals surface area contributed by atoms with Crippen molar-refractivity contribution < 1.29 is 27.5 Å². The lowest BCUT2D eigenvalue weighted by Gasteiger charge is -2.17. The van der Waals surface area contributed by atoms with Crippen molar-refractivity contribution >= 4 is 23.2 Å². The Bertz CT molecular complexity index is 839. The van der Waals surface area contributed by atoms with Gasteiger partial charge in [-0.3, -0.25) is 14.5 Å². The van der Waals surface area contributed by atoms with E-state index in [9.17, 15) is 22.8 Å². The first-order valence-electron chi connectivity index (χ1n) is 8.77. The third-order valence-corrected chi connectivity index (χ3v) is 3.98. The molecule has 0 aliphatic rings. The zero-order valence-corrected chi connectivity index (χ0v) is 16.0. The summed E-state index contributed by atoms with van der Waals surface area (Å²) in [6, 6.07) is 13.1. The van der Waals surface area contributed by atoms with E-state index < -0.39 is 18.5 Å². The molecule has 0 spiro atoms. The number of alkyl halides is 3. The SMILES string of the molecule is COc1ccccc1NC(=O)c1ccc(NC(=O)CN(C)CCC(F)(F)F)cc1. The molecule has 2 amide bonds. The van der Waals surface area contributed by atoms with E-state index >= 15 is 0 Å². The average molecular weight is 409 g/mol. The van der Waals surface area contributed by atoms with Crippen LogP contribution in [0.5, 0.6) is 5.75 Å². The van der Waals surface area contributed by atoms with Crippen molar-refractivity contribution in [3.05, 3.63) is 54.1 Å². The summed E-state index contributed by atoms with van der Waals surface area (Å²) in [5.41, 5.74) is 1.34. The minimum atomic E-state index is -4.26. The van der Waals surface area contributed by atoms with E-state index in [1.807, 2.05) is 0 Å². The Kier molecular flexibility index (Phi) is 7.60. The van der Waals surface area contributed by atoms with E-state index in [2.05, 4.69) is 10.6 Å². The van der Waals surface area contributed by atoms with Crippen LogP contribution < -0.4 is 15.4 Å². The number of anilines is 2. The fraction of sp³-hybridized carbons (Fsp3) is 0.300. The fourth-order valence-corrected chi connectivity index (χ4v) is 2.49. The summed E-state index contributed by atoms with van der Waals surface area (Å²) in [7, 11) is 2.94. The standard InChI is InChI=1S/C20H22F3N3O3/c1-26(12-11-20(21,22)23)13-18(27)24-15-9-7-14(8-10-15)19(28)25-16-5-3-4-6-17(16)29-2/h3-10H,11-13H2,1-2H3,(H,24,27)(H,25,28). The van der Waals surface area contributed by atoms with Crippen molar-refractivity contribution in [3.8, 4) is 5.75 Å². The molecular weight excluding hydrogens is 387 g/mol. The predicted molar refractivity (Wildman–Crippen MR) is 104 cm³/mol. The first kappa shape index (κ1) is 22.2. The molecule has 156 valence electrons. The van der Waals surface area contributed by atoms with Gasteiger partial charge in [-0.15, -0.1) is 0 Å². The van der Waals surface area contributed by atoms with E-state index in [0.29, 0.717) is 22.7 Å².